The molecule has 0 aliphatic carbocycles. The van der Waals surface area contributed by atoms with Gasteiger partial charge in [0, 0.05) is 6.07 Å². The van der Waals surface area contributed by atoms with E-state index in [1.54, 1.807) is 0 Å². The Hall–Kier alpha value is -3.17. The molecule has 0 aliphatic heterocycles. The minimum Gasteiger partial charge on any atom is -0.388 e. The van der Waals surface area contributed by atoms with E-state index in [0.717, 1.165) is 17.0 Å². The predicted molar refractivity (Wildman–Crippen MR) is 110 cm³/mol. The van der Waals surface area contributed by atoms with Crippen molar-refractivity contribution in [3.63, 3.8) is 0 Å². The Balaban J connectivity index is 1.54. The maximum atomic E-state index is 10.4. The monoisotopic (exact) mass is 369 g/mol. The molecule has 3 heteroatoms. The summed E-state index contributed by atoms with van der Waals surface area (Å²) in [4.78, 5) is 0. The maximum absolute atomic E-state index is 10.4. The molecule has 1 aromatic heterocycles. The SMILES string of the molecule is OC(CCc1cc(C(c2ccccc2)c2ccccc2)on1)c1ccccc1. The van der Waals surface area contributed by atoms with Crippen LogP contribution in [-0.4, -0.2) is 10.3 Å². The molecular weight excluding hydrogens is 346 g/mol. The van der Waals surface area contributed by atoms with Gasteiger partial charge in [-0.15, -0.1) is 0 Å². The van der Waals surface area contributed by atoms with Gasteiger partial charge in [0.25, 0.3) is 0 Å². The zero-order valence-electron chi connectivity index (χ0n) is 15.6. The van der Waals surface area contributed by atoms with Crippen molar-refractivity contribution in [2.75, 3.05) is 0 Å². The second-order valence-corrected chi connectivity index (χ2v) is 6.94. The summed E-state index contributed by atoms with van der Waals surface area (Å²) >= 11 is 0. The fraction of sp³-hybridized carbons (Fsp3) is 0.160. The van der Waals surface area contributed by atoms with Crippen LogP contribution in [0, 0.1) is 0 Å². The zero-order chi connectivity index (χ0) is 19.2. The van der Waals surface area contributed by atoms with Crippen LogP contribution in [0.25, 0.3) is 0 Å². The van der Waals surface area contributed by atoms with Gasteiger partial charge in [0.1, 0.15) is 5.76 Å². The Labute approximate surface area is 165 Å². The molecule has 3 aromatic carbocycles. The van der Waals surface area contributed by atoms with Gasteiger partial charge >= 0.3 is 0 Å². The Kier molecular flexibility index (Phi) is 5.64. The summed E-state index contributed by atoms with van der Waals surface area (Å²) in [6.45, 7) is 0. The van der Waals surface area contributed by atoms with Gasteiger partial charge in [-0.2, -0.15) is 0 Å². The Morgan fingerprint density at radius 2 is 1.21 bits per heavy atom. The molecule has 3 nitrogen and oxygen atoms in total. The molecule has 4 rings (SSSR count). The number of nitrogens with zero attached hydrogens (tertiary/aromatic N) is 1. The third kappa shape index (κ3) is 4.21. The van der Waals surface area contributed by atoms with Crippen molar-refractivity contribution in [1.82, 2.24) is 5.16 Å². The first-order valence-electron chi connectivity index (χ1n) is 9.59. The fourth-order valence-corrected chi connectivity index (χ4v) is 3.52. The molecule has 0 fully saturated rings. The van der Waals surface area contributed by atoms with E-state index in [-0.39, 0.29) is 5.92 Å². The minimum atomic E-state index is -0.500. The molecular formula is C25H23NO2. The average Bonchev–Trinajstić information content (AvgIpc) is 3.23. The second kappa shape index (κ2) is 8.68. The largest absolute Gasteiger partial charge is 0.388 e. The van der Waals surface area contributed by atoms with Crippen molar-refractivity contribution in [2.45, 2.75) is 24.9 Å². The van der Waals surface area contributed by atoms with Gasteiger partial charge < -0.3 is 9.63 Å². The second-order valence-electron chi connectivity index (χ2n) is 6.94. The molecule has 1 N–H and O–H groups in total. The van der Waals surface area contributed by atoms with Crippen molar-refractivity contribution < 1.29 is 9.63 Å². The molecule has 0 saturated heterocycles. The molecule has 0 spiro atoms. The standard InChI is InChI=1S/C25H23NO2/c27-23(19-10-4-1-5-11-19)17-16-22-18-24(28-26-22)25(20-12-6-2-7-13-20)21-14-8-3-9-15-21/h1-15,18,23,25,27H,16-17H2. The van der Waals surface area contributed by atoms with Gasteiger partial charge in [-0.25, -0.2) is 0 Å². The molecule has 0 saturated carbocycles. The third-order valence-corrected chi connectivity index (χ3v) is 4.99. The van der Waals surface area contributed by atoms with Crippen LogP contribution in [0.2, 0.25) is 0 Å². The van der Waals surface area contributed by atoms with Crippen molar-refractivity contribution in [1.29, 1.82) is 0 Å². The number of hydrogen-bond acceptors (Lipinski definition) is 3. The van der Waals surface area contributed by atoms with E-state index in [9.17, 15) is 5.11 Å². The molecule has 0 bridgehead atoms. The van der Waals surface area contributed by atoms with E-state index < -0.39 is 6.10 Å². The highest BCUT2D eigenvalue weighted by Crippen LogP contribution is 2.32. The molecule has 0 amide bonds. The van der Waals surface area contributed by atoms with E-state index in [1.165, 1.54) is 11.1 Å². The average molecular weight is 369 g/mol. The van der Waals surface area contributed by atoms with Crippen LogP contribution in [0.4, 0.5) is 0 Å². The predicted octanol–water partition coefficient (Wildman–Crippen LogP) is 5.52. The van der Waals surface area contributed by atoms with Crippen LogP contribution < -0.4 is 0 Å². The van der Waals surface area contributed by atoms with Crippen molar-refractivity contribution in [3.05, 3.63) is 125 Å². The van der Waals surface area contributed by atoms with Gasteiger partial charge in [-0.1, -0.05) is 96.2 Å². The van der Waals surface area contributed by atoms with Crippen LogP contribution in [0.1, 0.15) is 46.6 Å². The summed E-state index contributed by atoms with van der Waals surface area (Å²) in [5.41, 5.74) is 4.13. The lowest BCUT2D eigenvalue weighted by Gasteiger charge is -2.14. The van der Waals surface area contributed by atoms with Crippen molar-refractivity contribution in [2.24, 2.45) is 0 Å². The normalized spacial score (nSPS) is 12.2. The van der Waals surface area contributed by atoms with Crippen LogP contribution in [0.15, 0.2) is 102 Å². The van der Waals surface area contributed by atoms with E-state index >= 15 is 0 Å². The number of aliphatic hydroxyl groups is 1. The molecule has 0 aliphatic rings. The highest BCUT2D eigenvalue weighted by Gasteiger charge is 2.21. The Morgan fingerprint density at radius 1 is 0.714 bits per heavy atom. The first-order valence-corrected chi connectivity index (χ1v) is 9.59. The van der Waals surface area contributed by atoms with Gasteiger partial charge in [0.05, 0.1) is 17.7 Å². The summed E-state index contributed by atoms with van der Waals surface area (Å²) in [6.07, 6.45) is 0.771. The summed E-state index contributed by atoms with van der Waals surface area (Å²) < 4.78 is 5.74. The lowest BCUT2D eigenvalue weighted by atomic mass is 9.89. The smallest absolute Gasteiger partial charge is 0.148 e. The lowest BCUT2D eigenvalue weighted by Crippen LogP contribution is -2.02. The number of benzene rings is 3. The van der Waals surface area contributed by atoms with Gasteiger partial charge in [-0.3, -0.25) is 0 Å². The molecule has 140 valence electrons. The number of aliphatic hydroxyl groups excluding tert-OH is 1. The highest BCUT2D eigenvalue weighted by molar-refractivity contribution is 5.39. The van der Waals surface area contributed by atoms with Crippen molar-refractivity contribution >= 4 is 0 Å². The van der Waals surface area contributed by atoms with Crippen LogP contribution in [0.5, 0.6) is 0 Å². The van der Waals surface area contributed by atoms with Gasteiger partial charge in [0.15, 0.2) is 0 Å². The third-order valence-electron chi connectivity index (χ3n) is 4.99. The Morgan fingerprint density at radius 3 is 1.75 bits per heavy atom. The number of aromatic nitrogens is 1. The van der Waals surface area contributed by atoms with Gasteiger partial charge in [-0.05, 0) is 29.5 Å². The molecule has 28 heavy (non-hydrogen) atoms. The topological polar surface area (TPSA) is 46.3 Å². The molecule has 1 atom stereocenters. The van der Waals surface area contributed by atoms with Crippen LogP contribution in [0.3, 0.4) is 0 Å². The summed E-state index contributed by atoms with van der Waals surface area (Å²) in [7, 11) is 0. The first kappa shape index (κ1) is 18.2. The van der Waals surface area contributed by atoms with Crippen LogP contribution >= 0.6 is 0 Å². The molecule has 0 radical (unpaired) electrons. The lowest BCUT2D eigenvalue weighted by molar-refractivity contribution is 0.167. The minimum absolute atomic E-state index is 0.00250. The summed E-state index contributed by atoms with van der Waals surface area (Å²) in [5.74, 6) is 0.823. The quantitative estimate of drug-likeness (QED) is 0.466. The van der Waals surface area contributed by atoms with E-state index in [2.05, 4.69) is 29.4 Å². The summed E-state index contributed by atoms with van der Waals surface area (Å²) in [6, 6.07) is 32.4. The van der Waals surface area contributed by atoms with Crippen molar-refractivity contribution in [3.8, 4) is 0 Å². The number of rotatable bonds is 7. The number of hydrogen-bond donors (Lipinski definition) is 1. The zero-order valence-corrected chi connectivity index (χ0v) is 15.6. The molecule has 1 heterocycles. The van der Waals surface area contributed by atoms with Gasteiger partial charge in [0.2, 0.25) is 0 Å². The molecule has 1 unspecified atom stereocenters. The fourth-order valence-electron chi connectivity index (χ4n) is 3.52. The van der Waals surface area contributed by atoms with E-state index in [4.69, 9.17) is 4.52 Å². The first-order chi connectivity index (χ1) is 13.8. The summed E-state index contributed by atoms with van der Waals surface area (Å²) in [5, 5.41) is 14.7. The Bertz CT molecular complexity index is 941. The molecule has 4 aromatic rings. The maximum Gasteiger partial charge on any atom is 0.148 e. The van der Waals surface area contributed by atoms with E-state index in [0.29, 0.717) is 12.8 Å². The highest BCUT2D eigenvalue weighted by atomic mass is 16.5. The van der Waals surface area contributed by atoms with E-state index in [1.807, 2.05) is 72.8 Å². The van der Waals surface area contributed by atoms with Crippen LogP contribution in [-0.2, 0) is 6.42 Å². The number of aryl methyl sites for hydroxylation is 1.